The summed E-state index contributed by atoms with van der Waals surface area (Å²) in [6.45, 7) is 9.43. The number of pyridine rings is 1. The van der Waals surface area contributed by atoms with E-state index in [0.717, 1.165) is 70.1 Å². The Morgan fingerprint density at radius 1 is 0.820 bits per heavy atom. The highest BCUT2D eigenvalue weighted by molar-refractivity contribution is 6.35. The van der Waals surface area contributed by atoms with E-state index >= 15 is 0 Å². The molecule has 4 unspecified atom stereocenters. The van der Waals surface area contributed by atoms with Crippen molar-refractivity contribution in [3.8, 4) is 28.0 Å². The van der Waals surface area contributed by atoms with Crippen molar-refractivity contribution in [2.24, 2.45) is 11.8 Å². The number of hydrogen-bond acceptors (Lipinski definition) is 3. The maximum absolute atomic E-state index is 11.0. The highest BCUT2D eigenvalue weighted by atomic mass is 35.5. The fourth-order valence-electron chi connectivity index (χ4n) is 10.3. The quantitative estimate of drug-likeness (QED) is 0.0716. The van der Waals surface area contributed by atoms with Crippen LogP contribution in [0, 0.1) is 11.8 Å². The molecule has 0 saturated carbocycles. The Kier molecular flexibility index (Phi) is 11.7. The number of rotatable bonds is 13. The molecule has 0 spiro atoms. The van der Waals surface area contributed by atoms with Gasteiger partial charge in [0.05, 0.1) is 23.6 Å². The van der Waals surface area contributed by atoms with Gasteiger partial charge in [0.15, 0.2) is 6.10 Å². The lowest BCUT2D eigenvalue weighted by Gasteiger charge is -2.59. The van der Waals surface area contributed by atoms with Crippen LogP contribution < -0.4 is 0 Å². The van der Waals surface area contributed by atoms with Crippen LogP contribution in [-0.4, -0.2) is 33.7 Å². The first-order valence-electron chi connectivity index (χ1n) is 21.6. The molecule has 4 nitrogen and oxygen atoms in total. The lowest BCUT2D eigenvalue weighted by atomic mass is 9.70. The first-order valence-corrected chi connectivity index (χ1v) is 22.0. The molecule has 5 atom stereocenters. The zero-order valence-electron chi connectivity index (χ0n) is 34.7. The fourth-order valence-corrected chi connectivity index (χ4v) is 10.5. The maximum atomic E-state index is 11.0. The van der Waals surface area contributed by atoms with Crippen molar-refractivity contribution in [3.05, 3.63) is 216 Å². The van der Waals surface area contributed by atoms with Gasteiger partial charge in [-0.2, -0.15) is 0 Å². The molecule has 4 heterocycles. The van der Waals surface area contributed by atoms with E-state index in [0.29, 0.717) is 22.6 Å². The maximum Gasteiger partial charge on any atom is 0.176 e. The Morgan fingerprint density at radius 3 is 2.21 bits per heavy atom. The highest BCUT2D eigenvalue weighted by Crippen LogP contribution is 2.52. The summed E-state index contributed by atoms with van der Waals surface area (Å²) in [5, 5.41) is 12.4. The van der Waals surface area contributed by atoms with Crippen LogP contribution >= 0.6 is 11.6 Å². The van der Waals surface area contributed by atoms with E-state index in [4.69, 9.17) is 21.3 Å². The number of phenolic OH excluding ortho intramolecular Hbond substituents is 1. The van der Waals surface area contributed by atoms with E-state index in [1.807, 2.05) is 54.7 Å². The molecule has 1 aromatic heterocycles. The number of benzene rings is 6. The normalized spacial score (nSPS) is 20.8. The first-order chi connectivity index (χ1) is 29.9. The second-order valence-electron chi connectivity index (χ2n) is 16.8. The number of halogens is 1. The zero-order valence-corrected chi connectivity index (χ0v) is 35.5. The van der Waals surface area contributed by atoms with Gasteiger partial charge in [-0.1, -0.05) is 159 Å². The summed E-state index contributed by atoms with van der Waals surface area (Å²) in [5.41, 5.74) is 10.8. The smallest absolute Gasteiger partial charge is 0.176 e. The third-order valence-electron chi connectivity index (χ3n) is 13.3. The van der Waals surface area contributed by atoms with Crippen LogP contribution in [0.15, 0.2) is 193 Å². The summed E-state index contributed by atoms with van der Waals surface area (Å²) in [6, 6.07) is 56.8. The molecule has 304 valence electrons. The summed E-state index contributed by atoms with van der Waals surface area (Å²) >= 11 is 7.23. The lowest BCUT2D eigenvalue weighted by molar-refractivity contribution is -0.985. The largest absolute Gasteiger partial charge is 0.508 e. The average Bonchev–Trinajstić information content (AvgIpc) is 3.31. The third kappa shape index (κ3) is 8.31. The Bertz CT molecular complexity index is 2700. The molecule has 7 aromatic rings. The van der Waals surface area contributed by atoms with Gasteiger partial charge in [0.25, 0.3) is 0 Å². The number of aromatic nitrogens is 1. The number of piperidine rings is 3. The molecule has 3 saturated heterocycles. The minimum atomic E-state index is -0.437. The van der Waals surface area contributed by atoms with Crippen molar-refractivity contribution in [1.82, 2.24) is 4.98 Å². The molecule has 5 heteroatoms. The van der Waals surface area contributed by atoms with Gasteiger partial charge in [-0.3, -0.25) is 4.98 Å². The minimum absolute atomic E-state index is 0.0530. The molecule has 1 N–H and O–H groups in total. The summed E-state index contributed by atoms with van der Waals surface area (Å²) in [7, 11) is 0. The summed E-state index contributed by atoms with van der Waals surface area (Å²) in [4.78, 5) is 4.79. The van der Waals surface area contributed by atoms with Gasteiger partial charge in [0.1, 0.15) is 24.1 Å². The highest BCUT2D eigenvalue weighted by Gasteiger charge is 2.55. The average molecular weight is 820 g/mol. The molecule has 3 aliphatic rings. The molecule has 3 fully saturated rings. The Balaban J connectivity index is 1.26. The molecular formula is C56H52ClN2O2+. The molecule has 0 amide bonds. The van der Waals surface area contributed by atoms with Gasteiger partial charge in [-0.25, -0.2) is 0 Å². The number of aromatic hydroxyl groups is 1. The van der Waals surface area contributed by atoms with Crippen molar-refractivity contribution in [3.63, 3.8) is 0 Å². The third-order valence-corrected chi connectivity index (χ3v) is 13.6. The number of quaternary nitrogens is 1. The molecule has 2 bridgehead atoms. The second kappa shape index (κ2) is 17.8. The Hall–Kier alpha value is -6.20. The molecule has 61 heavy (non-hydrogen) atoms. The molecule has 0 aliphatic carbocycles. The van der Waals surface area contributed by atoms with E-state index in [2.05, 4.69) is 129 Å². The van der Waals surface area contributed by atoms with E-state index in [-0.39, 0.29) is 11.8 Å². The van der Waals surface area contributed by atoms with Crippen molar-refractivity contribution in [2.75, 3.05) is 13.1 Å². The molecule has 3 aliphatic heterocycles. The number of phenols is 1. The molecule has 0 radical (unpaired) electrons. The number of nitrogens with zero attached hydrogens (tertiary/aromatic N) is 2. The van der Waals surface area contributed by atoms with Gasteiger partial charge >= 0.3 is 0 Å². The number of fused-ring (bicyclic) bond motifs is 4. The van der Waals surface area contributed by atoms with Crippen molar-refractivity contribution >= 4 is 34.2 Å². The molecule has 10 rings (SSSR count). The Labute approximate surface area is 365 Å². The SMILES string of the molecule is C=C/C(Cl)=C(\C(=C/c1ccccc1)O[C@@H](c1ccnc2ccc(O)cc12)C1CC2CC[N+]1(Cc1cc(-c3ccccc3)ccc1-c1ccccc1)CC2CC)c1ccccc1. The predicted octanol–water partition coefficient (Wildman–Crippen LogP) is 14.0. The van der Waals surface area contributed by atoms with E-state index < -0.39 is 6.10 Å². The monoisotopic (exact) mass is 819 g/mol. The van der Waals surface area contributed by atoms with Gasteiger partial charge in [0.2, 0.25) is 0 Å². The number of ether oxygens (including phenoxy) is 1. The minimum Gasteiger partial charge on any atom is -0.508 e. The van der Waals surface area contributed by atoms with Crippen molar-refractivity contribution in [2.45, 2.75) is 44.9 Å². The number of allylic oxidation sites excluding steroid dienone is 3. The van der Waals surface area contributed by atoms with Gasteiger partial charge in [-0.15, -0.1) is 0 Å². The Morgan fingerprint density at radius 2 is 1.51 bits per heavy atom. The summed E-state index contributed by atoms with van der Waals surface area (Å²) < 4.78 is 8.68. The van der Waals surface area contributed by atoms with Crippen LogP contribution in [0.5, 0.6) is 5.75 Å². The van der Waals surface area contributed by atoms with Crippen molar-refractivity contribution < 1.29 is 14.3 Å². The van der Waals surface area contributed by atoms with Crippen LogP contribution in [0.2, 0.25) is 0 Å². The standard InChI is InChI=1S/C56H51ClN2O2/c1-3-40-37-59(38-46-34-44(41-19-11-6-12-20-41)25-27-48(46)42-21-13-7-14-22-42)32-30-45(40)35-53(59)56(49-29-31-58-52-28-26-47(60)36-50(49)52)61-54(33-39-17-9-5-10-18-39)55(51(57)4-2)43-23-15-8-16-24-43/h4-29,31,33-34,36,40,45,53,56H,2-3,30,32,35,37-38H2,1H3/p+1/b54-33+,55-51+/t40?,45?,53?,56-,59?/m0/s1. The van der Waals surface area contributed by atoms with E-state index in [1.165, 1.54) is 34.2 Å². The summed E-state index contributed by atoms with van der Waals surface area (Å²) in [6.07, 6.45) is 8.59. The molecule has 6 aromatic carbocycles. The van der Waals surface area contributed by atoms with Crippen LogP contribution in [0.3, 0.4) is 0 Å². The zero-order chi connectivity index (χ0) is 41.8. The van der Waals surface area contributed by atoms with Crippen LogP contribution in [0.1, 0.15) is 54.5 Å². The van der Waals surface area contributed by atoms with Crippen LogP contribution in [-0.2, 0) is 11.3 Å². The fraction of sp³-hybridized carbons (Fsp3) is 0.196. The second-order valence-corrected chi connectivity index (χ2v) is 17.2. The van der Waals surface area contributed by atoms with Gasteiger partial charge in [0, 0.05) is 47.0 Å². The van der Waals surface area contributed by atoms with Crippen LogP contribution in [0.4, 0.5) is 0 Å². The van der Waals surface area contributed by atoms with Gasteiger partial charge < -0.3 is 14.3 Å². The van der Waals surface area contributed by atoms with E-state index in [9.17, 15) is 5.11 Å². The topological polar surface area (TPSA) is 42.4 Å². The first kappa shape index (κ1) is 40.2. The van der Waals surface area contributed by atoms with E-state index in [1.54, 1.807) is 12.1 Å². The number of hydrogen-bond donors (Lipinski definition) is 1. The predicted molar refractivity (Wildman–Crippen MR) is 252 cm³/mol. The van der Waals surface area contributed by atoms with Crippen LogP contribution in [0.25, 0.3) is 44.8 Å². The summed E-state index contributed by atoms with van der Waals surface area (Å²) in [5.74, 6) is 2.03. The lowest BCUT2D eigenvalue weighted by Crippen LogP contribution is -2.68. The molecular weight excluding hydrogens is 768 g/mol. The van der Waals surface area contributed by atoms with Gasteiger partial charge in [-0.05, 0) is 88.2 Å². The van der Waals surface area contributed by atoms with Crippen molar-refractivity contribution in [1.29, 1.82) is 0 Å².